The van der Waals surface area contributed by atoms with Crippen LogP contribution in [-0.4, -0.2) is 0 Å². The molecule has 1 aromatic heterocycles. The molecule has 0 bridgehead atoms. The summed E-state index contributed by atoms with van der Waals surface area (Å²) in [7, 11) is 1.96. The summed E-state index contributed by atoms with van der Waals surface area (Å²) in [5.41, 5.74) is 4.49. The third kappa shape index (κ3) is 2.23. The lowest BCUT2D eigenvalue weighted by molar-refractivity contribution is -0.660. The van der Waals surface area contributed by atoms with E-state index in [1.54, 1.807) is 0 Å². The van der Waals surface area contributed by atoms with Gasteiger partial charge in [-0.15, -0.1) is 0 Å². The first kappa shape index (κ1) is 8.46. The van der Waals surface area contributed by atoms with Crippen LogP contribution < -0.4 is 4.57 Å². The molecule has 0 aliphatic rings. The van der Waals surface area contributed by atoms with E-state index in [0.29, 0.717) is 5.56 Å². The van der Waals surface area contributed by atoms with Crippen molar-refractivity contribution in [3.05, 3.63) is 53.2 Å². The van der Waals surface area contributed by atoms with E-state index in [0.717, 1.165) is 28.8 Å². The van der Waals surface area contributed by atoms with Crippen molar-refractivity contribution >= 4 is 0 Å². The van der Waals surface area contributed by atoms with Crippen LogP contribution in [0.3, 0.4) is 0 Å². The van der Waals surface area contributed by atoms with E-state index in [9.17, 15) is 0 Å². The summed E-state index contributed by atoms with van der Waals surface area (Å²) in [6.45, 7) is 1.95. The lowest BCUT2D eigenvalue weighted by atomic mass is 10.0. The average molecular weight is 229 g/mol. The van der Waals surface area contributed by atoms with Gasteiger partial charge >= 0.3 is 0 Å². The van der Waals surface area contributed by atoms with Gasteiger partial charge in [-0.3, -0.25) is 0 Å². The van der Waals surface area contributed by atoms with Gasteiger partial charge in [-0.1, -0.05) is 25.1 Å². The first-order valence-electron chi connectivity index (χ1n) is 7.43. The minimum atomic E-state index is -2.07. The Morgan fingerprint density at radius 1 is 1.24 bits per heavy atom. The number of hydrogen-bond donors (Lipinski definition) is 0. The third-order valence-electron chi connectivity index (χ3n) is 3.16. The van der Waals surface area contributed by atoms with Gasteiger partial charge in [0.15, 0.2) is 6.20 Å². The fourth-order valence-electron chi connectivity index (χ4n) is 2.11. The van der Waals surface area contributed by atoms with E-state index in [4.69, 9.17) is 4.11 Å². The second kappa shape index (κ2) is 4.70. The Kier molecular flexibility index (Phi) is 2.34. The van der Waals surface area contributed by atoms with Crippen LogP contribution in [0.2, 0.25) is 0 Å². The molecule has 0 fully saturated rings. The summed E-state index contributed by atoms with van der Waals surface area (Å²) >= 11 is 0. The number of aryl methyl sites for hydroxylation is 4. The molecule has 0 radical (unpaired) electrons. The molecule has 1 heterocycles. The highest BCUT2D eigenvalue weighted by Gasteiger charge is 2.14. The summed E-state index contributed by atoms with van der Waals surface area (Å²) in [4.78, 5) is 0. The van der Waals surface area contributed by atoms with Crippen molar-refractivity contribution in [3.8, 4) is 11.3 Å². The number of benzene rings is 1. The fourth-order valence-corrected chi connectivity index (χ4v) is 2.11. The molecule has 0 aliphatic heterocycles. The normalized spacial score (nSPS) is 13.9. The zero-order valence-corrected chi connectivity index (χ0v) is 10.6. The summed E-state index contributed by atoms with van der Waals surface area (Å²) in [6, 6.07) is 9.85. The number of pyridine rings is 1. The number of aromatic nitrogens is 1. The maximum absolute atomic E-state index is 7.72. The van der Waals surface area contributed by atoms with Gasteiger partial charge in [-0.05, 0) is 37.4 Å². The Labute approximate surface area is 108 Å². The fraction of sp³-hybridized carbons (Fsp3) is 0.312. The predicted molar refractivity (Wildman–Crippen MR) is 71.9 cm³/mol. The van der Waals surface area contributed by atoms with Gasteiger partial charge < -0.3 is 0 Å². The van der Waals surface area contributed by atoms with Crippen LogP contribution in [0.15, 0.2) is 36.5 Å². The molecule has 0 amide bonds. The van der Waals surface area contributed by atoms with Gasteiger partial charge in [0.25, 0.3) is 0 Å². The van der Waals surface area contributed by atoms with Crippen molar-refractivity contribution in [1.82, 2.24) is 0 Å². The molecule has 1 heteroatoms. The highest BCUT2D eigenvalue weighted by Crippen LogP contribution is 2.21. The number of hydrogen-bond acceptors (Lipinski definition) is 0. The van der Waals surface area contributed by atoms with Crippen molar-refractivity contribution in [1.29, 1.82) is 0 Å². The second-order valence-corrected chi connectivity index (χ2v) is 4.38. The Balaban J connectivity index is 2.70. The molecular weight excluding hydrogens is 206 g/mol. The van der Waals surface area contributed by atoms with Gasteiger partial charge in [-0.25, -0.2) is 4.57 Å². The summed E-state index contributed by atoms with van der Waals surface area (Å²) in [5.74, 6) is 0. The SMILES string of the molecule is [2H]C([2H])([2H])c1cc(-c2ccccc2C)[n+](C)cc1CC. The largest absolute Gasteiger partial charge is 0.212 e. The summed E-state index contributed by atoms with van der Waals surface area (Å²) in [5, 5.41) is 0. The molecule has 1 nitrogen and oxygen atoms in total. The van der Waals surface area contributed by atoms with Crippen LogP contribution in [0.25, 0.3) is 11.3 Å². The molecule has 17 heavy (non-hydrogen) atoms. The smallest absolute Gasteiger partial charge is 0.201 e. The minimum absolute atomic E-state index is 0.455. The van der Waals surface area contributed by atoms with E-state index in [1.807, 2.05) is 62.0 Å². The monoisotopic (exact) mass is 229 g/mol. The van der Waals surface area contributed by atoms with Crippen molar-refractivity contribution in [3.63, 3.8) is 0 Å². The quantitative estimate of drug-likeness (QED) is 0.695. The van der Waals surface area contributed by atoms with E-state index < -0.39 is 6.85 Å². The number of nitrogens with zero attached hydrogens (tertiary/aromatic N) is 1. The van der Waals surface area contributed by atoms with E-state index >= 15 is 0 Å². The molecule has 1 aromatic carbocycles. The van der Waals surface area contributed by atoms with Crippen LogP contribution in [0.1, 0.15) is 27.7 Å². The molecule has 0 saturated carbocycles. The van der Waals surface area contributed by atoms with Crippen molar-refractivity contribution in [2.24, 2.45) is 7.05 Å². The summed E-state index contributed by atoms with van der Waals surface area (Å²) in [6.07, 6.45) is 2.65. The third-order valence-corrected chi connectivity index (χ3v) is 3.16. The van der Waals surface area contributed by atoms with Crippen molar-refractivity contribution < 1.29 is 8.68 Å². The molecule has 0 aliphatic carbocycles. The lowest BCUT2D eigenvalue weighted by Gasteiger charge is -2.07. The topological polar surface area (TPSA) is 3.88 Å². The van der Waals surface area contributed by atoms with E-state index in [-0.39, 0.29) is 0 Å². The zero-order valence-electron chi connectivity index (χ0n) is 13.6. The van der Waals surface area contributed by atoms with Gasteiger partial charge in [0.05, 0.1) is 0 Å². The first-order valence-corrected chi connectivity index (χ1v) is 5.93. The Morgan fingerprint density at radius 3 is 2.65 bits per heavy atom. The van der Waals surface area contributed by atoms with Crippen LogP contribution in [0, 0.1) is 13.8 Å². The van der Waals surface area contributed by atoms with Crippen LogP contribution in [0.5, 0.6) is 0 Å². The van der Waals surface area contributed by atoms with Crippen LogP contribution >= 0.6 is 0 Å². The van der Waals surface area contributed by atoms with Crippen LogP contribution in [-0.2, 0) is 13.5 Å². The van der Waals surface area contributed by atoms with Gasteiger partial charge in [0.2, 0.25) is 5.69 Å². The Bertz CT molecular complexity index is 630. The maximum Gasteiger partial charge on any atom is 0.212 e. The average Bonchev–Trinajstić information content (AvgIpc) is 2.38. The first-order chi connectivity index (χ1) is 9.34. The standard InChI is InChI=1S/C16H20N/c1-5-14-11-17(4)16(10-13(14)3)15-9-7-6-8-12(15)2/h6-11H,5H2,1-4H3/q+1/i3D3. The molecule has 0 atom stereocenters. The van der Waals surface area contributed by atoms with Crippen LogP contribution in [0.4, 0.5) is 0 Å². The molecule has 2 aromatic rings. The maximum atomic E-state index is 7.72. The summed E-state index contributed by atoms with van der Waals surface area (Å²) < 4.78 is 25.2. The van der Waals surface area contributed by atoms with E-state index in [2.05, 4.69) is 0 Å². The number of rotatable bonds is 2. The Morgan fingerprint density at radius 2 is 2.00 bits per heavy atom. The van der Waals surface area contributed by atoms with Gasteiger partial charge in [-0.2, -0.15) is 0 Å². The highest BCUT2D eigenvalue weighted by atomic mass is 14.9. The lowest BCUT2D eigenvalue weighted by Crippen LogP contribution is -2.32. The molecule has 88 valence electrons. The van der Waals surface area contributed by atoms with Crippen molar-refractivity contribution in [2.75, 3.05) is 0 Å². The van der Waals surface area contributed by atoms with E-state index in [1.165, 1.54) is 0 Å². The molecule has 0 spiro atoms. The highest BCUT2D eigenvalue weighted by molar-refractivity contribution is 5.61. The molecule has 0 saturated heterocycles. The van der Waals surface area contributed by atoms with Gasteiger partial charge in [0, 0.05) is 21.3 Å². The van der Waals surface area contributed by atoms with Crippen molar-refractivity contribution in [2.45, 2.75) is 27.1 Å². The molecule has 0 unspecified atom stereocenters. The molecule has 2 rings (SSSR count). The Hall–Kier alpha value is -1.63. The second-order valence-electron chi connectivity index (χ2n) is 4.38. The minimum Gasteiger partial charge on any atom is -0.201 e. The molecule has 0 N–H and O–H groups in total. The van der Waals surface area contributed by atoms with Gasteiger partial charge in [0.1, 0.15) is 7.05 Å². The molecular formula is C16H20N+. The predicted octanol–water partition coefficient (Wildman–Crippen LogP) is 3.36. The zero-order chi connectivity index (χ0) is 14.9.